The highest BCUT2D eigenvalue weighted by Gasteiger charge is 2.13. The van der Waals surface area contributed by atoms with E-state index in [2.05, 4.69) is 5.32 Å². The highest BCUT2D eigenvalue weighted by atomic mass is 32.2. The lowest BCUT2D eigenvalue weighted by atomic mass is 10.1. The summed E-state index contributed by atoms with van der Waals surface area (Å²) >= 11 is 0. The topological polar surface area (TPSA) is 109 Å². The lowest BCUT2D eigenvalue weighted by Crippen LogP contribution is -2.15. The molecule has 1 amide bonds. The first kappa shape index (κ1) is 15.0. The summed E-state index contributed by atoms with van der Waals surface area (Å²) in [6.07, 6.45) is 0. The fourth-order valence-electron chi connectivity index (χ4n) is 1.78. The zero-order valence-corrected chi connectivity index (χ0v) is 12.0. The molecule has 2 rings (SSSR count). The molecule has 4 N–H and O–H groups in total. The fourth-order valence-corrected chi connectivity index (χ4v) is 2.34. The number of hydrogen-bond donors (Lipinski definition) is 3. The number of phenols is 1. The molecule has 0 fully saturated rings. The van der Waals surface area contributed by atoms with E-state index in [4.69, 9.17) is 5.14 Å². The van der Waals surface area contributed by atoms with Gasteiger partial charge in [-0.3, -0.25) is 4.79 Å². The SMILES string of the molecule is Cc1ccc(O)c(C(=O)Nc2cccc(S(N)(=O)=O)c2)c1. The first-order chi connectivity index (χ1) is 9.77. The van der Waals surface area contributed by atoms with E-state index in [1.54, 1.807) is 13.0 Å². The second-order valence-electron chi connectivity index (χ2n) is 4.55. The van der Waals surface area contributed by atoms with Crippen molar-refractivity contribution in [3.63, 3.8) is 0 Å². The van der Waals surface area contributed by atoms with Crippen LogP contribution in [0.3, 0.4) is 0 Å². The molecule has 0 aliphatic carbocycles. The molecule has 0 aliphatic rings. The molecular formula is C14H14N2O4S. The minimum absolute atomic E-state index is 0.103. The summed E-state index contributed by atoms with van der Waals surface area (Å²) in [6.45, 7) is 1.79. The number of hydrogen-bond acceptors (Lipinski definition) is 4. The van der Waals surface area contributed by atoms with Crippen LogP contribution < -0.4 is 10.5 Å². The molecular weight excluding hydrogens is 292 g/mol. The third kappa shape index (κ3) is 3.59. The van der Waals surface area contributed by atoms with Gasteiger partial charge in [0.15, 0.2) is 0 Å². The highest BCUT2D eigenvalue weighted by molar-refractivity contribution is 7.89. The smallest absolute Gasteiger partial charge is 0.259 e. The predicted molar refractivity (Wildman–Crippen MR) is 78.6 cm³/mol. The van der Waals surface area contributed by atoms with Crippen LogP contribution in [0, 0.1) is 6.92 Å². The Morgan fingerprint density at radius 2 is 1.90 bits per heavy atom. The number of aryl methyl sites for hydroxylation is 1. The average Bonchev–Trinajstić information content (AvgIpc) is 2.41. The monoisotopic (exact) mass is 306 g/mol. The Hall–Kier alpha value is -2.38. The van der Waals surface area contributed by atoms with E-state index in [9.17, 15) is 18.3 Å². The Balaban J connectivity index is 2.30. The molecule has 0 bridgehead atoms. The van der Waals surface area contributed by atoms with Crippen molar-refractivity contribution in [3.05, 3.63) is 53.6 Å². The van der Waals surface area contributed by atoms with Crippen LogP contribution in [0.25, 0.3) is 0 Å². The number of primary sulfonamides is 1. The number of anilines is 1. The average molecular weight is 306 g/mol. The molecule has 21 heavy (non-hydrogen) atoms. The van der Waals surface area contributed by atoms with Gasteiger partial charge in [0.25, 0.3) is 5.91 Å². The minimum atomic E-state index is -3.84. The van der Waals surface area contributed by atoms with Crippen LogP contribution in [0.4, 0.5) is 5.69 Å². The van der Waals surface area contributed by atoms with Gasteiger partial charge < -0.3 is 10.4 Å². The molecule has 6 nitrogen and oxygen atoms in total. The number of aromatic hydroxyl groups is 1. The number of carbonyl (C=O) groups excluding carboxylic acids is 1. The maximum Gasteiger partial charge on any atom is 0.259 e. The van der Waals surface area contributed by atoms with Gasteiger partial charge in [0.2, 0.25) is 10.0 Å². The molecule has 0 unspecified atom stereocenters. The largest absolute Gasteiger partial charge is 0.507 e. The number of benzene rings is 2. The van der Waals surface area contributed by atoms with Gasteiger partial charge in [-0.25, -0.2) is 13.6 Å². The first-order valence-corrected chi connectivity index (χ1v) is 7.56. The number of nitrogens with one attached hydrogen (secondary N) is 1. The molecule has 0 aromatic heterocycles. The second-order valence-corrected chi connectivity index (χ2v) is 6.11. The summed E-state index contributed by atoms with van der Waals surface area (Å²) in [4.78, 5) is 12.0. The Bertz CT molecular complexity index is 800. The van der Waals surface area contributed by atoms with Gasteiger partial charge >= 0.3 is 0 Å². The summed E-state index contributed by atoms with van der Waals surface area (Å²) in [5.41, 5.74) is 1.19. The molecule has 0 radical (unpaired) electrons. The van der Waals surface area contributed by atoms with Gasteiger partial charge in [-0.05, 0) is 37.3 Å². The van der Waals surface area contributed by atoms with Gasteiger partial charge in [0.1, 0.15) is 5.75 Å². The van der Waals surface area contributed by atoms with E-state index in [1.165, 1.54) is 36.4 Å². The molecule has 0 saturated carbocycles. The Morgan fingerprint density at radius 1 is 1.19 bits per heavy atom. The zero-order valence-electron chi connectivity index (χ0n) is 11.2. The van der Waals surface area contributed by atoms with Crippen molar-refractivity contribution in [2.45, 2.75) is 11.8 Å². The minimum Gasteiger partial charge on any atom is -0.507 e. The number of phenolic OH excluding ortho intramolecular Hbond substituents is 1. The van der Waals surface area contributed by atoms with Crippen LogP contribution in [0.5, 0.6) is 5.75 Å². The van der Waals surface area contributed by atoms with E-state index < -0.39 is 15.9 Å². The van der Waals surface area contributed by atoms with Crippen molar-refractivity contribution in [1.29, 1.82) is 0 Å². The lowest BCUT2D eigenvalue weighted by molar-refractivity contribution is 0.102. The molecule has 7 heteroatoms. The van der Waals surface area contributed by atoms with Gasteiger partial charge in [-0.2, -0.15) is 0 Å². The number of nitrogens with two attached hydrogens (primary N) is 1. The van der Waals surface area contributed by atoms with Crippen LogP contribution in [-0.4, -0.2) is 19.4 Å². The van der Waals surface area contributed by atoms with E-state index in [-0.39, 0.29) is 21.9 Å². The highest BCUT2D eigenvalue weighted by Crippen LogP contribution is 2.21. The van der Waals surface area contributed by atoms with E-state index in [1.807, 2.05) is 0 Å². The van der Waals surface area contributed by atoms with Gasteiger partial charge in [0, 0.05) is 5.69 Å². The normalized spacial score (nSPS) is 11.1. The number of sulfonamides is 1. The van der Waals surface area contributed by atoms with Crippen molar-refractivity contribution in [3.8, 4) is 5.75 Å². The molecule has 0 atom stereocenters. The summed E-state index contributed by atoms with van der Waals surface area (Å²) < 4.78 is 22.5. The number of amides is 1. The number of rotatable bonds is 3. The first-order valence-electron chi connectivity index (χ1n) is 6.01. The Morgan fingerprint density at radius 3 is 2.57 bits per heavy atom. The molecule has 0 spiro atoms. The standard InChI is InChI=1S/C14H14N2O4S/c1-9-5-6-13(17)12(7-9)14(18)16-10-3-2-4-11(8-10)21(15,19)20/h2-8,17H,1H3,(H,16,18)(H2,15,19,20). The quantitative estimate of drug-likeness (QED) is 0.800. The summed E-state index contributed by atoms with van der Waals surface area (Å²) in [5, 5.41) is 17.2. The zero-order chi connectivity index (χ0) is 15.6. The van der Waals surface area contributed by atoms with Crippen molar-refractivity contribution in [2.24, 2.45) is 5.14 Å². The third-order valence-corrected chi connectivity index (χ3v) is 3.73. The number of carbonyl (C=O) groups is 1. The van der Waals surface area contributed by atoms with Crippen LogP contribution >= 0.6 is 0 Å². The fraction of sp³-hybridized carbons (Fsp3) is 0.0714. The van der Waals surface area contributed by atoms with Crippen LogP contribution in [0.2, 0.25) is 0 Å². The lowest BCUT2D eigenvalue weighted by Gasteiger charge is -2.08. The summed E-state index contributed by atoms with van der Waals surface area (Å²) in [5.74, 6) is -0.691. The molecule has 0 aliphatic heterocycles. The maximum absolute atomic E-state index is 12.1. The molecule has 0 heterocycles. The van der Waals surface area contributed by atoms with Crippen molar-refractivity contribution in [1.82, 2.24) is 0 Å². The molecule has 0 saturated heterocycles. The van der Waals surface area contributed by atoms with Crippen LogP contribution in [0.15, 0.2) is 47.4 Å². The van der Waals surface area contributed by atoms with Crippen molar-refractivity contribution >= 4 is 21.6 Å². The molecule has 2 aromatic rings. The third-order valence-electron chi connectivity index (χ3n) is 2.82. The maximum atomic E-state index is 12.1. The van der Waals surface area contributed by atoms with Crippen molar-refractivity contribution in [2.75, 3.05) is 5.32 Å². The van der Waals surface area contributed by atoms with Gasteiger partial charge in [-0.15, -0.1) is 0 Å². The van der Waals surface area contributed by atoms with Crippen LogP contribution in [-0.2, 0) is 10.0 Å². The Labute approximate surface area is 122 Å². The molecule has 2 aromatic carbocycles. The van der Waals surface area contributed by atoms with Crippen molar-refractivity contribution < 1.29 is 18.3 Å². The predicted octanol–water partition coefficient (Wildman–Crippen LogP) is 1.60. The van der Waals surface area contributed by atoms with E-state index in [0.29, 0.717) is 0 Å². The Kier molecular flexibility index (Phi) is 3.97. The molecule has 110 valence electrons. The van der Waals surface area contributed by atoms with Gasteiger partial charge in [-0.1, -0.05) is 17.7 Å². The van der Waals surface area contributed by atoms with Crippen LogP contribution in [0.1, 0.15) is 15.9 Å². The summed E-state index contributed by atoms with van der Waals surface area (Å²) in [6, 6.07) is 10.2. The van der Waals surface area contributed by atoms with E-state index >= 15 is 0 Å². The second kappa shape index (κ2) is 5.55. The summed E-state index contributed by atoms with van der Waals surface area (Å²) in [7, 11) is -3.84. The van der Waals surface area contributed by atoms with E-state index in [0.717, 1.165) is 5.56 Å². The van der Waals surface area contributed by atoms with Gasteiger partial charge in [0.05, 0.1) is 10.5 Å².